The molecule has 1 amide bonds. The molecule has 0 aliphatic heterocycles. The van der Waals surface area contributed by atoms with Gasteiger partial charge in [-0.1, -0.05) is 29.8 Å². The normalized spacial score (nSPS) is 10.8. The van der Waals surface area contributed by atoms with Crippen molar-refractivity contribution >= 4 is 35.2 Å². The second-order valence-corrected chi connectivity index (χ2v) is 6.63. The second-order valence-electron chi connectivity index (χ2n) is 6.23. The molecule has 0 aliphatic rings. The molecule has 2 rings (SSSR count). The summed E-state index contributed by atoms with van der Waals surface area (Å²) < 4.78 is 10.1. The molecule has 0 fully saturated rings. The minimum absolute atomic E-state index is 0.0674. The van der Waals surface area contributed by atoms with Crippen LogP contribution in [0.1, 0.15) is 23.6 Å². The van der Waals surface area contributed by atoms with Gasteiger partial charge in [-0.3, -0.25) is 4.79 Å². The van der Waals surface area contributed by atoms with Gasteiger partial charge >= 0.3 is 5.97 Å². The number of amides is 1. The number of nitriles is 1. The molecule has 0 aromatic heterocycles. The van der Waals surface area contributed by atoms with E-state index in [-0.39, 0.29) is 23.8 Å². The van der Waals surface area contributed by atoms with Crippen molar-refractivity contribution < 1.29 is 19.1 Å². The maximum Gasteiger partial charge on any atom is 0.344 e. The van der Waals surface area contributed by atoms with Crippen molar-refractivity contribution in [2.24, 2.45) is 0 Å². The zero-order valence-electron chi connectivity index (χ0n) is 16.4. The minimum Gasteiger partial charge on any atom is -0.480 e. The molecular formula is C22H21ClN2O4. The lowest BCUT2D eigenvalue weighted by Crippen LogP contribution is -2.15. The quantitative estimate of drug-likeness (QED) is 0.412. The molecule has 0 saturated carbocycles. The highest BCUT2D eigenvalue weighted by molar-refractivity contribution is 6.32. The largest absolute Gasteiger partial charge is 0.480 e. The number of anilines is 1. The molecule has 1 N–H and O–H groups in total. The number of carbonyl (C=O) groups excluding carboxylic acids is 2. The highest BCUT2D eigenvalue weighted by atomic mass is 35.5. The first-order valence-corrected chi connectivity index (χ1v) is 9.30. The molecule has 7 heteroatoms. The molecule has 0 saturated heterocycles. The standard InChI is InChI=1S/C22H21ClN2O4/c1-4-28-21(26)13-29-20-8-7-16(11-18(20)23)10-17(12-24)22(27)25-19-9-14(2)5-6-15(19)3/h5-11H,4,13H2,1-3H3,(H,25,27)/b17-10+. The number of aryl methyl sites for hydroxylation is 2. The number of nitrogens with zero attached hydrogens (tertiary/aromatic N) is 1. The van der Waals surface area contributed by atoms with Crippen LogP contribution in [-0.2, 0) is 14.3 Å². The van der Waals surface area contributed by atoms with Crippen molar-refractivity contribution in [2.45, 2.75) is 20.8 Å². The Balaban J connectivity index is 2.14. The van der Waals surface area contributed by atoms with Crippen LogP contribution < -0.4 is 10.1 Å². The highest BCUT2D eigenvalue weighted by Crippen LogP contribution is 2.27. The minimum atomic E-state index is -0.514. The van der Waals surface area contributed by atoms with Crippen LogP contribution in [0.25, 0.3) is 6.08 Å². The summed E-state index contributed by atoms with van der Waals surface area (Å²) in [5.74, 6) is -0.711. The number of benzene rings is 2. The van der Waals surface area contributed by atoms with Gasteiger partial charge in [0.05, 0.1) is 11.6 Å². The van der Waals surface area contributed by atoms with Gasteiger partial charge in [-0.05, 0) is 61.7 Å². The molecule has 0 heterocycles. The van der Waals surface area contributed by atoms with Gasteiger partial charge in [0.15, 0.2) is 6.61 Å². The summed E-state index contributed by atoms with van der Waals surface area (Å²) in [5, 5.41) is 12.4. The first-order valence-electron chi connectivity index (χ1n) is 8.92. The zero-order chi connectivity index (χ0) is 21.4. The molecule has 2 aromatic rings. The fourth-order valence-corrected chi connectivity index (χ4v) is 2.68. The van der Waals surface area contributed by atoms with Crippen molar-refractivity contribution in [3.63, 3.8) is 0 Å². The van der Waals surface area contributed by atoms with Crippen molar-refractivity contribution in [3.05, 3.63) is 63.7 Å². The topological polar surface area (TPSA) is 88.4 Å². The van der Waals surface area contributed by atoms with E-state index in [1.807, 2.05) is 38.1 Å². The van der Waals surface area contributed by atoms with Gasteiger partial charge in [0.25, 0.3) is 5.91 Å². The molecule has 6 nitrogen and oxygen atoms in total. The Kier molecular flexibility index (Phi) is 7.81. The monoisotopic (exact) mass is 412 g/mol. The zero-order valence-corrected chi connectivity index (χ0v) is 17.2. The van der Waals surface area contributed by atoms with E-state index in [9.17, 15) is 14.9 Å². The van der Waals surface area contributed by atoms with E-state index in [1.54, 1.807) is 25.1 Å². The number of carbonyl (C=O) groups is 2. The number of ether oxygens (including phenoxy) is 2. The van der Waals surface area contributed by atoms with E-state index >= 15 is 0 Å². The van der Waals surface area contributed by atoms with Crippen LogP contribution in [0.15, 0.2) is 42.0 Å². The number of nitrogens with one attached hydrogen (secondary N) is 1. The van der Waals surface area contributed by atoms with Crippen LogP contribution in [0.4, 0.5) is 5.69 Å². The first kappa shape index (κ1) is 22.0. The summed E-state index contributed by atoms with van der Waals surface area (Å²) in [4.78, 5) is 23.9. The predicted octanol–water partition coefficient (Wildman–Crippen LogP) is 4.44. The summed E-state index contributed by atoms with van der Waals surface area (Å²) >= 11 is 6.17. The molecule has 0 atom stereocenters. The van der Waals surface area contributed by atoms with Gasteiger partial charge in [0.1, 0.15) is 17.4 Å². The van der Waals surface area contributed by atoms with E-state index < -0.39 is 11.9 Å². The summed E-state index contributed by atoms with van der Waals surface area (Å²) in [7, 11) is 0. The third-order valence-corrected chi connectivity index (χ3v) is 4.22. The van der Waals surface area contributed by atoms with Crippen LogP contribution in [0.5, 0.6) is 5.75 Å². The van der Waals surface area contributed by atoms with Crippen LogP contribution >= 0.6 is 11.6 Å². The SMILES string of the molecule is CCOC(=O)COc1ccc(/C=C(\C#N)C(=O)Nc2cc(C)ccc2C)cc1Cl. The fraction of sp³-hybridized carbons (Fsp3) is 0.227. The number of rotatable bonds is 7. The molecule has 0 aliphatic carbocycles. The molecule has 29 heavy (non-hydrogen) atoms. The summed E-state index contributed by atoms with van der Waals surface area (Å²) in [6.07, 6.45) is 1.43. The number of halogens is 1. The molecule has 0 bridgehead atoms. The number of hydrogen-bond donors (Lipinski definition) is 1. The third-order valence-electron chi connectivity index (χ3n) is 3.92. The maximum absolute atomic E-state index is 12.5. The average Bonchev–Trinajstić information content (AvgIpc) is 2.68. The molecule has 2 aromatic carbocycles. The Morgan fingerprint density at radius 1 is 1.21 bits per heavy atom. The van der Waals surface area contributed by atoms with E-state index in [1.165, 1.54) is 6.08 Å². The van der Waals surface area contributed by atoms with Crippen molar-refractivity contribution in [3.8, 4) is 11.8 Å². The van der Waals surface area contributed by atoms with Gasteiger partial charge in [-0.25, -0.2) is 4.79 Å². The summed E-state index contributed by atoms with van der Waals surface area (Å²) in [6.45, 7) is 5.50. The smallest absolute Gasteiger partial charge is 0.344 e. The van der Waals surface area contributed by atoms with Crippen molar-refractivity contribution in [1.29, 1.82) is 5.26 Å². The maximum atomic E-state index is 12.5. The van der Waals surface area contributed by atoms with Crippen molar-refractivity contribution in [1.82, 2.24) is 0 Å². The fourth-order valence-electron chi connectivity index (χ4n) is 2.44. The first-order chi connectivity index (χ1) is 13.8. The van der Waals surface area contributed by atoms with Gasteiger partial charge in [0.2, 0.25) is 0 Å². The van der Waals surface area contributed by atoms with E-state index in [0.29, 0.717) is 17.0 Å². The lowest BCUT2D eigenvalue weighted by atomic mass is 10.1. The highest BCUT2D eigenvalue weighted by Gasteiger charge is 2.12. The average molecular weight is 413 g/mol. The van der Waals surface area contributed by atoms with Crippen LogP contribution in [0.2, 0.25) is 5.02 Å². The third kappa shape index (κ3) is 6.37. The van der Waals surface area contributed by atoms with Crippen LogP contribution in [0.3, 0.4) is 0 Å². The van der Waals surface area contributed by atoms with Gasteiger partial charge < -0.3 is 14.8 Å². The Labute approximate surface area is 174 Å². The van der Waals surface area contributed by atoms with Crippen LogP contribution in [-0.4, -0.2) is 25.1 Å². The van der Waals surface area contributed by atoms with Gasteiger partial charge in [-0.2, -0.15) is 5.26 Å². The molecule has 0 unspecified atom stereocenters. The van der Waals surface area contributed by atoms with Gasteiger partial charge in [-0.15, -0.1) is 0 Å². The molecule has 150 valence electrons. The summed E-state index contributed by atoms with van der Waals surface area (Å²) in [5.41, 5.74) is 3.02. The van der Waals surface area contributed by atoms with Gasteiger partial charge in [0, 0.05) is 5.69 Å². The Hall–Kier alpha value is -3.30. The Bertz CT molecular complexity index is 993. The lowest BCUT2D eigenvalue weighted by molar-refractivity contribution is -0.145. The second kappa shape index (κ2) is 10.3. The summed E-state index contributed by atoms with van der Waals surface area (Å²) in [6, 6.07) is 12.3. The Morgan fingerprint density at radius 3 is 2.62 bits per heavy atom. The van der Waals surface area contributed by atoms with Crippen molar-refractivity contribution in [2.75, 3.05) is 18.5 Å². The molecule has 0 spiro atoms. The number of esters is 1. The van der Waals surface area contributed by atoms with Crippen LogP contribution in [0, 0.1) is 25.2 Å². The van der Waals surface area contributed by atoms with E-state index in [2.05, 4.69) is 5.32 Å². The molecule has 0 radical (unpaired) electrons. The Morgan fingerprint density at radius 2 is 1.97 bits per heavy atom. The molecular weight excluding hydrogens is 392 g/mol. The van der Waals surface area contributed by atoms with E-state index in [4.69, 9.17) is 21.1 Å². The number of hydrogen-bond acceptors (Lipinski definition) is 5. The lowest BCUT2D eigenvalue weighted by Gasteiger charge is -2.09. The van der Waals surface area contributed by atoms with E-state index in [0.717, 1.165) is 11.1 Å². The predicted molar refractivity (Wildman–Crippen MR) is 112 cm³/mol.